The van der Waals surface area contributed by atoms with Gasteiger partial charge in [-0.1, -0.05) is 37.8 Å². The van der Waals surface area contributed by atoms with Gasteiger partial charge in [-0.25, -0.2) is 0 Å². The van der Waals surface area contributed by atoms with Crippen molar-refractivity contribution in [2.24, 2.45) is 11.8 Å². The van der Waals surface area contributed by atoms with E-state index in [0.717, 1.165) is 24.6 Å². The van der Waals surface area contributed by atoms with E-state index in [4.69, 9.17) is 0 Å². The molecule has 2 aliphatic heterocycles. The summed E-state index contributed by atoms with van der Waals surface area (Å²) in [6.07, 6.45) is 5.39. The number of aliphatic hydroxyl groups is 1. The highest BCUT2D eigenvalue weighted by Gasteiger charge is 2.49. The van der Waals surface area contributed by atoms with Crippen molar-refractivity contribution < 1.29 is 5.11 Å². The number of fused-ring (bicyclic) bond motifs is 1. The van der Waals surface area contributed by atoms with Gasteiger partial charge in [-0.2, -0.15) is 0 Å². The third kappa shape index (κ3) is 4.40. The van der Waals surface area contributed by atoms with Crippen molar-refractivity contribution in [3.8, 4) is 11.8 Å². The molecule has 3 aliphatic rings. The SMILES string of the molecule is CC(C)C#Cc1ccc([C@@H]2[C@H](CO)N3CCCCN(CC4CC4)C[C@@H]23)cc1. The van der Waals surface area contributed by atoms with E-state index in [1.165, 1.54) is 44.3 Å². The summed E-state index contributed by atoms with van der Waals surface area (Å²) in [6.45, 7) is 9.34. The van der Waals surface area contributed by atoms with Crippen molar-refractivity contribution in [1.29, 1.82) is 0 Å². The van der Waals surface area contributed by atoms with Gasteiger partial charge in [-0.15, -0.1) is 0 Å². The second-order valence-corrected chi connectivity index (χ2v) is 9.04. The minimum absolute atomic E-state index is 0.263. The van der Waals surface area contributed by atoms with Gasteiger partial charge >= 0.3 is 0 Å². The van der Waals surface area contributed by atoms with Crippen LogP contribution in [0.4, 0.5) is 0 Å². The summed E-state index contributed by atoms with van der Waals surface area (Å²) in [6, 6.07) is 9.65. The van der Waals surface area contributed by atoms with Crippen molar-refractivity contribution >= 4 is 0 Å². The van der Waals surface area contributed by atoms with E-state index < -0.39 is 0 Å². The van der Waals surface area contributed by atoms with Gasteiger partial charge in [0.25, 0.3) is 0 Å². The molecule has 1 aromatic carbocycles. The van der Waals surface area contributed by atoms with Gasteiger partial charge in [0.2, 0.25) is 0 Å². The molecule has 0 spiro atoms. The summed E-state index contributed by atoms with van der Waals surface area (Å²) < 4.78 is 0. The quantitative estimate of drug-likeness (QED) is 0.828. The Morgan fingerprint density at radius 2 is 1.85 bits per heavy atom. The molecule has 2 saturated heterocycles. The molecule has 146 valence electrons. The van der Waals surface area contributed by atoms with Crippen LogP contribution in [0.3, 0.4) is 0 Å². The first kappa shape index (κ1) is 19.0. The Kier molecular flexibility index (Phi) is 5.88. The lowest BCUT2D eigenvalue weighted by Crippen LogP contribution is -2.67. The molecule has 0 aromatic heterocycles. The largest absolute Gasteiger partial charge is 0.395 e. The molecule has 1 aromatic rings. The predicted octanol–water partition coefficient (Wildman–Crippen LogP) is 3.33. The lowest BCUT2D eigenvalue weighted by atomic mass is 9.74. The van der Waals surface area contributed by atoms with Crippen molar-refractivity contribution in [3.63, 3.8) is 0 Å². The molecule has 0 unspecified atom stereocenters. The summed E-state index contributed by atoms with van der Waals surface area (Å²) >= 11 is 0. The Labute approximate surface area is 164 Å². The van der Waals surface area contributed by atoms with Crippen molar-refractivity contribution in [2.75, 3.05) is 32.8 Å². The minimum Gasteiger partial charge on any atom is -0.395 e. The molecule has 1 N–H and O–H groups in total. The fraction of sp³-hybridized carbons (Fsp3) is 0.667. The Hall–Kier alpha value is -1.34. The number of hydrogen-bond acceptors (Lipinski definition) is 3. The van der Waals surface area contributed by atoms with Gasteiger partial charge < -0.3 is 10.0 Å². The third-order valence-corrected chi connectivity index (χ3v) is 6.47. The van der Waals surface area contributed by atoms with Crippen molar-refractivity contribution in [1.82, 2.24) is 9.80 Å². The number of aliphatic hydroxyl groups excluding tert-OH is 1. The second-order valence-electron chi connectivity index (χ2n) is 9.04. The van der Waals surface area contributed by atoms with Gasteiger partial charge in [0.15, 0.2) is 0 Å². The lowest BCUT2D eigenvalue weighted by Gasteiger charge is -2.57. The van der Waals surface area contributed by atoms with Crippen LogP contribution in [0.25, 0.3) is 0 Å². The van der Waals surface area contributed by atoms with Crippen LogP contribution in [-0.2, 0) is 0 Å². The van der Waals surface area contributed by atoms with E-state index in [-0.39, 0.29) is 12.6 Å². The van der Waals surface area contributed by atoms with E-state index >= 15 is 0 Å². The summed E-state index contributed by atoms with van der Waals surface area (Å²) in [5.74, 6) is 8.30. The van der Waals surface area contributed by atoms with Gasteiger partial charge in [0.05, 0.1) is 6.61 Å². The Morgan fingerprint density at radius 3 is 2.52 bits per heavy atom. The van der Waals surface area contributed by atoms with E-state index in [2.05, 4.69) is 59.8 Å². The molecule has 0 radical (unpaired) electrons. The van der Waals surface area contributed by atoms with Crippen LogP contribution in [0.1, 0.15) is 56.6 Å². The standard InChI is InChI=1S/C24H34N2O/c1-18(2)5-6-19-9-11-21(12-10-19)24-22-16-25(15-20-7-8-20)13-3-4-14-26(22)23(24)17-27/h9-12,18,20,22-24,27H,3-4,7-8,13-17H2,1-2H3/t22-,23-,24-/m0/s1. The van der Waals surface area contributed by atoms with Gasteiger partial charge in [0, 0.05) is 42.6 Å². The highest BCUT2D eigenvalue weighted by molar-refractivity contribution is 5.39. The maximum Gasteiger partial charge on any atom is 0.0593 e. The highest BCUT2D eigenvalue weighted by atomic mass is 16.3. The molecule has 2 heterocycles. The molecule has 0 bridgehead atoms. The Bertz CT molecular complexity index is 683. The number of rotatable bonds is 4. The van der Waals surface area contributed by atoms with Gasteiger partial charge in [0.1, 0.15) is 0 Å². The van der Waals surface area contributed by atoms with Gasteiger partial charge in [-0.3, -0.25) is 4.90 Å². The van der Waals surface area contributed by atoms with Crippen molar-refractivity contribution in [2.45, 2.75) is 57.5 Å². The predicted molar refractivity (Wildman–Crippen MR) is 111 cm³/mol. The fourth-order valence-corrected chi connectivity index (χ4v) is 4.86. The van der Waals surface area contributed by atoms with Gasteiger partial charge in [-0.05, 0) is 62.4 Å². The lowest BCUT2D eigenvalue weighted by molar-refractivity contribution is -0.0649. The molecule has 27 heavy (non-hydrogen) atoms. The third-order valence-electron chi connectivity index (χ3n) is 6.47. The van der Waals surface area contributed by atoms with Crippen molar-refractivity contribution in [3.05, 3.63) is 35.4 Å². The maximum atomic E-state index is 10.1. The first-order chi connectivity index (χ1) is 13.2. The maximum absolute atomic E-state index is 10.1. The zero-order valence-corrected chi connectivity index (χ0v) is 16.9. The van der Waals surface area contributed by atoms with Crippen LogP contribution >= 0.6 is 0 Å². The Morgan fingerprint density at radius 1 is 1.11 bits per heavy atom. The summed E-state index contributed by atoms with van der Waals surface area (Å²) in [5, 5.41) is 10.1. The summed E-state index contributed by atoms with van der Waals surface area (Å²) in [7, 11) is 0. The minimum atomic E-state index is 0.263. The molecule has 3 heteroatoms. The Balaban J connectivity index is 1.50. The number of nitrogens with zero attached hydrogens (tertiary/aromatic N) is 2. The average Bonchev–Trinajstić information content (AvgIpc) is 3.45. The monoisotopic (exact) mass is 366 g/mol. The normalized spacial score (nSPS) is 29.3. The van der Waals surface area contributed by atoms with E-state index in [9.17, 15) is 5.11 Å². The summed E-state index contributed by atoms with van der Waals surface area (Å²) in [5.41, 5.74) is 2.47. The van der Waals surface area contributed by atoms with Crippen LogP contribution in [0, 0.1) is 23.7 Å². The first-order valence-electron chi connectivity index (χ1n) is 10.9. The average molecular weight is 367 g/mol. The summed E-state index contributed by atoms with van der Waals surface area (Å²) in [4.78, 5) is 5.29. The molecule has 0 amide bonds. The van der Waals surface area contributed by atoms with Crippen LogP contribution < -0.4 is 0 Å². The molecule has 3 nitrogen and oxygen atoms in total. The first-order valence-corrected chi connectivity index (χ1v) is 10.9. The zero-order valence-electron chi connectivity index (χ0n) is 16.9. The van der Waals surface area contributed by atoms with Crippen LogP contribution in [0.2, 0.25) is 0 Å². The number of benzene rings is 1. The highest BCUT2D eigenvalue weighted by Crippen LogP contribution is 2.42. The topological polar surface area (TPSA) is 26.7 Å². The molecule has 1 saturated carbocycles. The molecular formula is C24H34N2O. The zero-order chi connectivity index (χ0) is 18.8. The van der Waals surface area contributed by atoms with E-state index in [1.54, 1.807) is 0 Å². The molecule has 3 atom stereocenters. The van der Waals surface area contributed by atoms with Crippen LogP contribution in [0.15, 0.2) is 24.3 Å². The second kappa shape index (κ2) is 8.35. The smallest absolute Gasteiger partial charge is 0.0593 e. The molecule has 4 rings (SSSR count). The van der Waals surface area contributed by atoms with E-state index in [1.807, 2.05) is 0 Å². The molecular weight excluding hydrogens is 332 g/mol. The molecule has 1 aliphatic carbocycles. The van der Waals surface area contributed by atoms with Crippen LogP contribution in [0.5, 0.6) is 0 Å². The number of hydrogen-bond donors (Lipinski definition) is 1. The van der Waals surface area contributed by atoms with E-state index in [0.29, 0.717) is 17.9 Å². The fourth-order valence-electron chi connectivity index (χ4n) is 4.86. The molecule has 3 fully saturated rings. The van der Waals surface area contributed by atoms with Crippen LogP contribution in [-0.4, -0.2) is 59.8 Å².